The summed E-state index contributed by atoms with van der Waals surface area (Å²) in [6, 6.07) is 3.40. The SMILES string of the molecule is CCOC(=O)c1c(NC(=O)CN2C(=O)COc3cccnc32)sc2c1CCN(C)C2. The summed E-state index contributed by atoms with van der Waals surface area (Å²) in [5, 5.41) is 3.28. The monoisotopic (exact) mass is 430 g/mol. The van der Waals surface area contributed by atoms with Gasteiger partial charge in [-0.2, -0.15) is 0 Å². The van der Waals surface area contributed by atoms with Crippen molar-refractivity contribution in [1.29, 1.82) is 0 Å². The maximum Gasteiger partial charge on any atom is 0.341 e. The Morgan fingerprint density at radius 3 is 3.03 bits per heavy atom. The highest BCUT2D eigenvalue weighted by Crippen LogP contribution is 2.37. The van der Waals surface area contributed by atoms with Crippen molar-refractivity contribution in [2.75, 3.05) is 43.6 Å². The number of nitrogens with one attached hydrogen (secondary N) is 1. The van der Waals surface area contributed by atoms with Crippen molar-refractivity contribution in [3.05, 3.63) is 34.3 Å². The molecule has 0 atom stereocenters. The highest BCUT2D eigenvalue weighted by atomic mass is 32.1. The van der Waals surface area contributed by atoms with E-state index in [-0.39, 0.29) is 25.7 Å². The van der Waals surface area contributed by atoms with Crippen molar-refractivity contribution in [3.8, 4) is 5.75 Å². The molecule has 2 aromatic rings. The normalized spacial score (nSPS) is 15.8. The second-order valence-electron chi connectivity index (χ2n) is 7.06. The fourth-order valence-corrected chi connectivity index (χ4v) is 4.88. The van der Waals surface area contributed by atoms with Gasteiger partial charge in [0, 0.05) is 24.2 Å². The molecule has 1 N–H and O–H groups in total. The van der Waals surface area contributed by atoms with E-state index >= 15 is 0 Å². The van der Waals surface area contributed by atoms with Crippen LogP contribution in [0.4, 0.5) is 10.8 Å². The van der Waals surface area contributed by atoms with E-state index < -0.39 is 11.9 Å². The van der Waals surface area contributed by atoms with E-state index in [2.05, 4.69) is 15.2 Å². The fraction of sp³-hybridized carbons (Fsp3) is 0.400. The molecule has 2 aliphatic rings. The molecule has 0 saturated carbocycles. The zero-order valence-corrected chi connectivity index (χ0v) is 17.6. The van der Waals surface area contributed by atoms with Gasteiger partial charge in [-0.05, 0) is 38.1 Å². The van der Waals surface area contributed by atoms with Crippen LogP contribution in [-0.4, -0.2) is 61.0 Å². The zero-order chi connectivity index (χ0) is 21.3. The number of nitrogens with zero attached hydrogens (tertiary/aromatic N) is 3. The first-order chi connectivity index (χ1) is 14.5. The predicted molar refractivity (Wildman–Crippen MR) is 111 cm³/mol. The van der Waals surface area contributed by atoms with E-state index in [9.17, 15) is 14.4 Å². The Kier molecular flexibility index (Phi) is 5.69. The number of carbonyl (C=O) groups is 3. The standard InChI is InChI=1S/C20H22N4O5S/c1-3-28-20(27)17-12-6-8-23(2)9-14(12)30-19(17)22-15(25)10-24-16(26)11-29-13-5-4-7-21-18(13)24/h4-5,7H,3,6,8-11H2,1-2H3,(H,22,25). The smallest absolute Gasteiger partial charge is 0.341 e. The van der Waals surface area contributed by atoms with E-state index in [0.717, 1.165) is 17.0 Å². The van der Waals surface area contributed by atoms with Crippen LogP contribution in [0.5, 0.6) is 5.75 Å². The average Bonchev–Trinajstić information content (AvgIpc) is 3.07. The summed E-state index contributed by atoms with van der Waals surface area (Å²) in [6.45, 7) is 3.16. The van der Waals surface area contributed by atoms with Crippen molar-refractivity contribution in [3.63, 3.8) is 0 Å². The minimum absolute atomic E-state index is 0.153. The van der Waals surface area contributed by atoms with Crippen LogP contribution in [0, 0.1) is 0 Å². The number of rotatable bonds is 5. The van der Waals surface area contributed by atoms with E-state index in [4.69, 9.17) is 9.47 Å². The van der Waals surface area contributed by atoms with Crippen LogP contribution < -0.4 is 15.0 Å². The first-order valence-corrected chi connectivity index (χ1v) is 10.5. The largest absolute Gasteiger partial charge is 0.480 e. The second-order valence-corrected chi connectivity index (χ2v) is 8.16. The molecule has 4 heterocycles. The van der Waals surface area contributed by atoms with Gasteiger partial charge in [-0.15, -0.1) is 11.3 Å². The molecule has 30 heavy (non-hydrogen) atoms. The summed E-state index contributed by atoms with van der Waals surface area (Å²) in [4.78, 5) is 46.4. The lowest BCUT2D eigenvalue weighted by atomic mass is 10.0. The number of carbonyl (C=O) groups excluding carboxylic acids is 3. The van der Waals surface area contributed by atoms with Crippen molar-refractivity contribution < 1.29 is 23.9 Å². The second kappa shape index (κ2) is 8.41. The van der Waals surface area contributed by atoms with Crippen LogP contribution in [-0.2, 0) is 27.3 Å². The van der Waals surface area contributed by atoms with Crippen molar-refractivity contribution in [2.45, 2.75) is 19.9 Å². The quantitative estimate of drug-likeness (QED) is 0.720. The number of hydrogen-bond acceptors (Lipinski definition) is 8. The molecule has 9 nitrogen and oxygen atoms in total. The van der Waals surface area contributed by atoms with Crippen molar-refractivity contribution in [2.24, 2.45) is 0 Å². The van der Waals surface area contributed by atoms with Crippen LogP contribution in [0.3, 0.4) is 0 Å². The summed E-state index contributed by atoms with van der Waals surface area (Å²) in [5.41, 5.74) is 1.35. The molecule has 0 fully saturated rings. The molecular formula is C20H22N4O5S. The summed E-state index contributed by atoms with van der Waals surface area (Å²) >= 11 is 1.38. The Labute approximate surface area is 177 Å². The number of anilines is 2. The lowest BCUT2D eigenvalue weighted by molar-refractivity contribution is -0.123. The minimum Gasteiger partial charge on any atom is -0.480 e. The summed E-state index contributed by atoms with van der Waals surface area (Å²) in [7, 11) is 2.01. The highest BCUT2D eigenvalue weighted by Gasteiger charge is 2.31. The summed E-state index contributed by atoms with van der Waals surface area (Å²) in [6.07, 6.45) is 2.25. The molecule has 0 radical (unpaired) electrons. The average molecular weight is 430 g/mol. The molecule has 2 amide bonds. The van der Waals surface area contributed by atoms with E-state index in [1.54, 1.807) is 19.1 Å². The number of hydrogen-bond donors (Lipinski definition) is 1. The molecule has 4 rings (SSSR count). The number of likely N-dealkylation sites (N-methyl/N-ethyl adjacent to an activating group) is 1. The van der Waals surface area contributed by atoms with Gasteiger partial charge in [-0.1, -0.05) is 0 Å². The lowest BCUT2D eigenvalue weighted by Crippen LogP contribution is -2.44. The Bertz CT molecular complexity index is 1010. The van der Waals surface area contributed by atoms with Crippen LogP contribution in [0.15, 0.2) is 18.3 Å². The Morgan fingerprint density at radius 1 is 1.40 bits per heavy atom. The first-order valence-electron chi connectivity index (χ1n) is 9.66. The number of amides is 2. The third kappa shape index (κ3) is 3.88. The van der Waals surface area contributed by atoms with Gasteiger partial charge in [-0.25, -0.2) is 9.78 Å². The summed E-state index contributed by atoms with van der Waals surface area (Å²) in [5.74, 6) is -0.453. The van der Waals surface area contributed by atoms with Crippen LogP contribution in [0.2, 0.25) is 0 Å². The van der Waals surface area contributed by atoms with Crippen molar-refractivity contribution in [1.82, 2.24) is 9.88 Å². The van der Waals surface area contributed by atoms with Gasteiger partial charge >= 0.3 is 5.97 Å². The van der Waals surface area contributed by atoms with Gasteiger partial charge in [0.2, 0.25) is 5.91 Å². The topological polar surface area (TPSA) is 101 Å². The van der Waals surface area contributed by atoms with E-state index in [1.165, 1.54) is 22.4 Å². The maximum absolute atomic E-state index is 12.8. The fourth-order valence-electron chi connectivity index (χ4n) is 3.54. The third-order valence-corrected chi connectivity index (χ3v) is 6.07. The third-order valence-electron chi connectivity index (χ3n) is 4.94. The minimum atomic E-state index is -0.440. The number of ether oxygens (including phenoxy) is 2. The summed E-state index contributed by atoms with van der Waals surface area (Å²) < 4.78 is 10.6. The lowest BCUT2D eigenvalue weighted by Gasteiger charge is -2.27. The number of pyridine rings is 1. The van der Waals surface area contributed by atoms with Crippen LogP contribution in [0.1, 0.15) is 27.7 Å². The predicted octanol–water partition coefficient (Wildman–Crippen LogP) is 1.67. The Morgan fingerprint density at radius 2 is 2.23 bits per heavy atom. The van der Waals surface area contributed by atoms with Gasteiger partial charge in [0.05, 0.1) is 12.2 Å². The molecule has 0 spiro atoms. The molecule has 0 aromatic carbocycles. The zero-order valence-electron chi connectivity index (χ0n) is 16.8. The molecule has 2 aliphatic heterocycles. The number of esters is 1. The molecule has 2 aromatic heterocycles. The molecular weight excluding hydrogens is 408 g/mol. The number of fused-ring (bicyclic) bond motifs is 2. The Balaban J connectivity index is 1.58. The molecule has 10 heteroatoms. The maximum atomic E-state index is 12.8. The molecule has 0 unspecified atom stereocenters. The van der Waals surface area contributed by atoms with Crippen LogP contribution in [0.25, 0.3) is 0 Å². The van der Waals surface area contributed by atoms with E-state index in [1.807, 2.05) is 7.05 Å². The highest BCUT2D eigenvalue weighted by molar-refractivity contribution is 7.17. The molecule has 0 aliphatic carbocycles. The molecule has 0 bridgehead atoms. The number of thiophene rings is 1. The van der Waals surface area contributed by atoms with Crippen LogP contribution >= 0.6 is 11.3 Å². The Hall–Kier alpha value is -2.98. The number of aromatic nitrogens is 1. The van der Waals surface area contributed by atoms with Gasteiger partial charge in [0.25, 0.3) is 5.91 Å². The van der Waals surface area contributed by atoms with Crippen molar-refractivity contribution >= 4 is 39.9 Å². The molecule has 0 saturated heterocycles. The first kappa shape index (κ1) is 20.3. The van der Waals surface area contributed by atoms with Gasteiger partial charge in [0.1, 0.15) is 11.5 Å². The molecule has 158 valence electrons. The van der Waals surface area contributed by atoms with Gasteiger partial charge < -0.3 is 19.7 Å². The van der Waals surface area contributed by atoms with Gasteiger partial charge in [0.15, 0.2) is 18.2 Å². The van der Waals surface area contributed by atoms with Gasteiger partial charge in [-0.3, -0.25) is 14.5 Å². The van der Waals surface area contributed by atoms with E-state index in [0.29, 0.717) is 35.1 Å².